The first kappa shape index (κ1) is 12.3. The van der Waals surface area contributed by atoms with Gasteiger partial charge in [-0.05, 0) is 30.4 Å². The summed E-state index contributed by atoms with van der Waals surface area (Å²) in [6.45, 7) is 1.00. The van der Waals surface area contributed by atoms with Gasteiger partial charge in [0.2, 0.25) is 11.8 Å². The van der Waals surface area contributed by atoms with E-state index in [0.717, 1.165) is 6.42 Å². The number of imide groups is 1. The molecular formula is C17H15NO4. The fraction of sp³-hybridized carbons (Fsp3) is 0.412. The molecule has 2 heterocycles. The maximum atomic E-state index is 12.8. The van der Waals surface area contributed by atoms with Crippen LogP contribution in [0.2, 0.25) is 0 Å². The Hall–Kier alpha value is -2.30. The molecule has 1 saturated heterocycles. The number of hydrogen-bond acceptors (Lipinski definition) is 4. The van der Waals surface area contributed by atoms with Crippen LogP contribution in [-0.2, 0) is 9.59 Å². The second kappa shape index (κ2) is 4.12. The molecule has 0 N–H and O–H groups in total. The molecule has 2 fully saturated rings. The van der Waals surface area contributed by atoms with Crippen molar-refractivity contribution in [3.05, 3.63) is 30.4 Å². The number of benzene rings is 1. The fourth-order valence-electron chi connectivity index (χ4n) is 4.33. The van der Waals surface area contributed by atoms with Crippen LogP contribution in [0.15, 0.2) is 30.4 Å². The van der Waals surface area contributed by atoms with Crippen LogP contribution >= 0.6 is 0 Å². The molecule has 1 aromatic rings. The lowest BCUT2D eigenvalue weighted by atomic mass is 9.85. The lowest BCUT2D eigenvalue weighted by molar-refractivity contribution is -0.123. The van der Waals surface area contributed by atoms with Gasteiger partial charge in [0.15, 0.2) is 11.5 Å². The molecule has 2 aliphatic heterocycles. The van der Waals surface area contributed by atoms with Crippen LogP contribution in [0.4, 0.5) is 5.69 Å². The Kier molecular flexibility index (Phi) is 2.30. The highest BCUT2D eigenvalue weighted by Crippen LogP contribution is 2.53. The van der Waals surface area contributed by atoms with Crippen molar-refractivity contribution in [2.24, 2.45) is 23.7 Å². The van der Waals surface area contributed by atoms with Gasteiger partial charge in [-0.2, -0.15) is 0 Å². The smallest absolute Gasteiger partial charge is 0.238 e. The summed E-state index contributed by atoms with van der Waals surface area (Å²) in [4.78, 5) is 26.9. The zero-order chi connectivity index (χ0) is 14.8. The summed E-state index contributed by atoms with van der Waals surface area (Å²) >= 11 is 0. The Morgan fingerprint density at radius 3 is 2.23 bits per heavy atom. The van der Waals surface area contributed by atoms with E-state index in [1.165, 1.54) is 4.90 Å². The van der Waals surface area contributed by atoms with Crippen molar-refractivity contribution in [1.29, 1.82) is 0 Å². The summed E-state index contributed by atoms with van der Waals surface area (Å²) in [6.07, 6.45) is 5.15. The second-order valence-corrected chi connectivity index (χ2v) is 6.34. The van der Waals surface area contributed by atoms with Gasteiger partial charge in [-0.25, -0.2) is 4.90 Å². The molecule has 5 nitrogen and oxygen atoms in total. The van der Waals surface area contributed by atoms with Crippen molar-refractivity contribution in [3.63, 3.8) is 0 Å². The molecule has 2 bridgehead atoms. The molecule has 112 valence electrons. The van der Waals surface area contributed by atoms with Gasteiger partial charge in [0.1, 0.15) is 13.2 Å². The van der Waals surface area contributed by atoms with Crippen LogP contribution in [0.5, 0.6) is 11.5 Å². The number of ether oxygens (including phenoxy) is 2. The fourth-order valence-corrected chi connectivity index (χ4v) is 4.33. The van der Waals surface area contributed by atoms with E-state index in [1.807, 2.05) is 0 Å². The summed E-state index contributed by atoms with van der Waals surface area (Å²) in [6, 6.07) is 5.27. The largest absolute Gasteiger partial charge is 0.486 e. The monoisotopic (exact) mass is 297 g/mol. The molecule has 4 aliphatic rings. The predicted octanol–water partition coefficient (Wildman–Crippen LogP) is 1.77. The Morgan fingerprint density at radius 2 is 1.55 bits per heavy atom. The van der Waals surface area contributed by atoms with Gasteiger partial charge >= 0.3 is 0 Å². The first-order valence-electron chi connectivity index (χ1n) is 7.70. The third-order valence-electron chi connectivity index (χ3n) is 5.25. The normalized spacial score (nSPS) is 34.5. The summed E-state index contributed by atoms with van der Waals surface area (Å²) in [7, 11) is 0. The molecule has 0 unspecified atom stereocenters. The number of rotatable bonds is 1. The highest BCUT2D eigenvalue weighted by atomic mass is 16.6. The van der Waals surface area contributed by atoms with Crippen molar-refractivity contribution in [2.45, 2.75) is 6.42 Å². The molecule has 0 radical (unpaired) electrons. The van der Waals surface area contributed by atoms with Gasteiger partial charge in [0, 0.05) is 6.07 Å². The molecule has 1 saturated carbocycles. The summed E-state index contributed by atoms with van der Waals surface area (Å²) in [5.74, 6) is 1.25. The third kappa shape index (κ3) is 1.43. The molecule has 2 aliphatic carbocycles. The van der Waals surface area contributed by atoms with E-state index in [2.05, 4.69) is 12.2 Å². The number of hydrogen-bond donors (Lipinski definition) is 0. The quantitative estimate of drug-likeness (QED) is 0.585. The van der Waals surface area contributed by atoms with E-state index in [0.29, 0.717) is 30.4 Å². The van der Waals surface area contributed by atoms with Crippen LogP contribution in [0, 0.1) is 23.7 Å². The standard InChI is InChI=1S/C17H15NO4/c19-16-14-9-1-2-10(7-9)15(14)17(20)18(16)11-3-4-12-13(8-11)22-6-5-21-12/h1-4,8-10,14-15H,5-7H2/t9-,10-,14+,15+/m0/s1. The molecule has 5 rings (SSSR count). The van der Waals surface area contributed by atoms with E-state index in [1.54, 1.807) is 18.2 Å². The number of carbonyl (C=O) groups excluding carboxylic acids is 2. The van der Waals surface area contributed by atoms with Gasteiger partial charge in [0.25, 0.3) is 0 Å². The average molecular weight is 297 g/mol. The highest BCUT2D eigenvalue weighted by Gasteiger charge is 2.59. The maximum Gasteiger partial charge on any atom is 0.238 e. The Labute approximate surface area is 127 Å². The number of allylic oxidation sites excluding steroid dienone is 2. The minimum Gasteiger partial charge on any atom is -0.486 e. The van der Waals surface area contributed by atoms with E-state index in [-0.39, 0.29) is 35.5 Å². The first-order chi connectivity index (χ1) is 10.7. The molecule has 1 aromatic carbocycles. The zero-order valence-corrected chi connectivity index (χ0v) is 11.9. The molecule has 22 heavy (non-hydrogen) atoms. The van der Waals surface area contributed by atoms with Gasteiger partial charge in [-0.3, -0.25) is 9.59 Å². The molecular weight excluding hydrogens is 282 g/mol. The molecule has 0 spiro atoms. The minimum absolute atomic E-state index is 0.0662. The predicted molar refractivity (Wildman–Crippen MR) is 77.6 cm³/mol. The number of nitrogens with zero attached hydrogens (tertiary/aromatic N) is 1. The Balaban J connectivity index is 1.54. The van der Waals surface area contributed by atoms with E-state index >= 15 is 0 Å². The van der Waals surface area contributed by atoms with Crippen LogP contribution in [-0.4, -0.2) is 25.0 Å². The van der Waals surface area contributed by atoms with Crippen LogP contribution in [0.3, 0.4) is 0 Å². The van der Waals surface area contributed by atoms with E-state index < -0.39 is 0 Å². The van der Waals surface area contributed by atoms with Crippen molar-refractivity contribution in [2.75, 3.05) is 18.1 Å². The third-order valence-corrected chi connectivity index (χ3v) is 5.25. The average Bonchev–Trinajstić information content (AvgIpc) is 3.21. The number of anilines is 1. The van der Waals surface area contributed by atoms with Gasteiger partial charge in [-0.15, -0.1) is 0 Å². The number of carbonyl (C=O) groups is 2. The number of amides is 2. The molecule has 4 atom stereocenters. The molecule has 0 aromatic heterocycles. The van der Waals surface area contributed by atoms with Crippen molar-refractivity contribution in [1.82, 2.24) is 0 Å². The minimum atomic E-state index is -0.171. The lowest BCUT2D eigenvalue weighted by Crippen LogP contribution is -2.33. The van der Waals surface area contributed by atoms with Crippen LogP contribution in [0.25, 0.3) is 0 Å². The summed E-state index contributed by atoms with van der Waals surface area (Å²) in [5, 5.41) is 0. The van der Waals surface area contributed by atoms with Crippen molar-refractivity contribution < 1.29 is 19.1 Å². The zero-order valence-electron chi connectivity index (χ0n) is 11.9. The van der Waals surface area contributed by atoms with Crippen molar-refractivity contribution >= 4 is 17.5 Å². The summed E-state index contributed by atoms with van der Waals surface area (Å²) < 4.78 is 11.0. The summed E-state index contributed by atoms with van der Waals surface area (Å²) in [5.41, 5.74) is 0.591. The van der Waals surface area contributed by atoms with E-state index in [9.17, 15) is 9.59 Å². The maximum absolute atomic E-state index is 12.8. The topological polar surface area (TPSA) is 55.8 Å². The van der Waals surface area contributed by atoms with Crippen LogP contribution < -0.4 is 14.4 Å². The Morgan fingerprint density at radius 1 is 0.909 bits per heavy atom. The first-order valence-corrected chi connectivity index (χ1v) is 7.70. The second-order valence-electron chi connectivity index (χ2n) is 6.34. The van der Waals surface area contributed by atoms with Crippen LogP contribution in [0.1, 0.15) is 6.42 Å². The highest BCUT2D eigenvalue weighted by molar-refractivity contribution is 6.22. The van der Waals surface area contributed by atoms with Gasteiger partial charge < -0.3 is 9.47 Å². The van der Waals surface area contributed by atoms with E-state index in [4.69, 9.17) is 9.47 Å². The van der Waals surface area contributed by atoms with Gasteiger partial charge in [0.05, 0.1) is 17.5 Å². The lowest BCUT2D eigenvalue weighted by Gasteiger charge is -2.22. The number of fused-ring (bicyclic) bond motifs is 6. The van der Waals surface area contributed by atoms with Gasteiger partial charge in [-0.1, -0.05) is 12.2 Å². The molecule has 5 heteroatoms. The Bertz CT molecular complexity index is 695. The molecule has 2 amide bonds. The SMILES string of the molecule is O=C1[C@H]2[C@H](C(=O)N1c1ccc3c(c1)OCCO3)[C@H]1C=C[C@H]2C1. The van der Waals surface area contributed by atoms with Crippen molar-refractivity contribution in [3.8, 4) is 11.5 Å².